The number of hydrogen-bond donors (Lipinski definition) is 1. The van der Waals surface area contributed by atoms with Crippen molar-refractivity contribution in [2.75, 3.05) is 5.32 Å². The Morgan fingerprint density at radius 3 is 2.59 bits per heavy atom. The van der Waals surface area contributed by atoms with E-state index in [0.29, 0.717) is 27.8 Å². The number of benzene rings is 1. The molecule has 0 spiro atoms. The molecule has 5 aromatic rings. The van der Waals surface area contributed by atoms with Crippen LogP contribution in [0.1, 0.15) is 21.6 Å². The van der Waals surface area contributed by atoms with E-state index in [0.717, 1.165) is 22.2 Å². The van der Waals surface area contributed by atoms with Crippen molar-refractivity contribution in [2.24, 2.45) is 0 Å². The molecule has 32 heavy (non-hydrogen) atoms. The molecule has 1 aromatic carbocycles. The Morgan fingerprint density at radius 1 is 1.00 bits per heavy atom. The highest BCUT2D eigenvalue weighted by molar-refractivity contribution is 6.32. The van der Waals surface area contributed by atoms with E-state index >= 15 is 0 Å². The maximum Gasteiger partial charge on any atom is 0.259 e. The normalized spacial score (nSPS) is 11.1. The SMILES string of the molecule is Cc1ccc2ncccc2c1-n1ncc(C(=O)Nc2cnc(-n3nccn3)c(Cl)c2)c1C. The molecule has 0 radical (unpaired) electrons. The number of rotatable bonds is 4. The van der Waals surface area contributed by atoms with Gasteiger partial charge in [0.05, 0.1) is 58.0 Å². The summed E-state index contributed by atoms with van der Waals surface area (Å²) in [7, 11) is 0. The van der Waals surface area contributed by atoms with Crippen LogP contribution in [0.25, 0.3) is 22.4 Å². The number of nitrogens with zero attached hydrogens (tertiary/aromatic N) is 7. The molecule has 0 aliphatic heterocycles. The van der Waals surface area contributed by atoms with Gasteiger partial charge in [0.25, 0.3) is 5.91 Å². The van der Waals surface area contributed by atoms with Gasteiger partial charge in [-0.15, -0.1) is 4.80 Å². The second-order valence-electron chi connectivity index (χ2n) is 7.16. The zero-order valence-electron chi connectivity index (χ0n) is 17.2. The van der Waals surface area contributed by atoms with E-state index in [4.69, 9.17) is 11.6 Å². The van der Waals surface area contributed by atoms with Crippen molar-refractivity contribution < 1.29 is 4.79 Å². The van der Waals surface area contributed by atoms with Crippen LogP contribution < -0.4 is 5.32 Å². The Hall–Kier alpha value is -4.11. The molecule has 0 bridgehead atoms. The Balaban J connectivity index is 1.46. The van der Waals surface area contributed by atoms with E-state index in [1.807, 2.05) is 38.1 Å². The molecule has 9 nitrogen and oxygen atoms in total. The van der Waals surface area contributed by atoms with Gasteiger partial charge in [-0.3, -0.25) is 9.78 Å². The maximum atomic E-state index is 13.0. The van der Waals surface area contributed by atoms with Gasteiger partial charge in [0, 0.05) is 11.6 Å². The molecule has 5 rings (SSSR count). The molecule has 4 aromatic heterocycles. The Morgan fingerprint density at radius 2 is 1.81 bits per heavy atom. The molecule has 0 fully saturated rings. The van der Waals surface area contributed by atoms with E-state index in [1.54, 1.807) is 23.1 Å². The number of aromatic nitrogens is 7. The molecule has 0 saturated heterocycles. The quantitative estimate of drug-likeness (QED) is 0.450. The molecule has 158 valence electrons. The lowest BCUT2D eigenvalue weighted by Gasteiger charge is -2.12. The lowest BCUT2D eigenvalue weighted by atomic mass is 10.1. The highest BCUT2D eigenvalue weighted by Gasteiger charge is 2.19. The largest absolute Gasteiger partial charge is 0.320 e. The first kappa shape index (κ1) is 19.8. The van der Waals surface area contributed by atoms with Gasteiger partial charge in [0.15, 0.2) is 5.82 Å². The lowest BCUT2D eigenvalue weighted by Crippen LogP contribution is -2.14. The fourth-order valence-electron chi connectivity index (χ4n) is 3.55. The van der Waals surface area contributed by atoms with Crippen LogP contribution in [-0.4, -0.2) is 40.6 Å². The maximum absolute atomic E-state index is 13.0. The zero-order valence-corrected chi connectivity index (χ0v) is 17.9. The fraction of sp³-hybridized carbons (Fsp3) is 0.0909. The van der Waals surface area contributed by atoms with Crippen molar-refractivity contribution in [1.29, 1.82) is 0 Å². The molecule has 0 atom stereocenters. The van der Waals surface area contributed by atoms with Gasteiger partial charge in [-0.1, -0.05) is 17.7 Å². The monoisotopic (exact) mass is 444 g/mol. The average molecular weight is 445 g/mol. The summed E-state index contributed by atoms with van der Waals surface area (Å²) in [6, 6.07) is 9.45. The zero-order chi connectivity index (χ0) is 22.2. The van der Waals surface area contributed by atoms with Crippen LogP contribution in [-0.2, 0) is 0 Å². The minimum absolute atomic E-state index is 0.310. The average Bonchev–Trinajstić information content (AvgIpc) is 3.44. The first-order chi connectivity index (χ1) is 15.5. The summed E-state index contributed by atoms with van der Waals surface area (Å²) in [5, 5.41) is 16.6. The number of pyridine rings is 2. The van der Waals surface area contributed by atoms with Gasteiger partial charge < -0.3 is 5.32 Å². The van der Waals surface area contributed by atoms with Gasteiger partial charge in [-0.25, -0.2) is 9.67 Å². The Labute approximate surface area is 187 Å². The predicted molar refractivity (Wildman–Crippen MR) is 120 cm³/mol. The minimum Gasteiger partial charge on any atom is -0.320 e. The molecule has 0 unspecified atom stereocenters. The predicted octanol–water partition coefficient (Wildman–Crippen LogP) is 3.92. The van der Waals surface area contributed by atoms with Crippen LogP contribution in [0.3, 0.4) is 0 Å². The van der Waals surface area contributed by atoms with Crippen molar-refractivity contribution in [3.05, 3.63) is 83.2 Å². The number of carbonyl (C=O) groups is 1. The topological polar surface area (TPSA) is 103 Å². The third kappa shape index (κ3) is 3.38. The Kier molecular flexibility index (Phi) is 4.87. The molecule has 1 amide bonds. The summed E-state index contributed by atoms with van der Waals surface area (Å²) in [5.74, 6) is 0.0614. The minimum atomic E-state index is -0.312. The molecule has 10 heteroatoms. The van der Waals surface area contributed by atoms with Crippen molar-refractivity contribution in [1.82, 2.24) is 34.7 Å². The summed E-state index contributed by atoms with van der Waals surface area (Å²) in [6.07, 6.45) is 7.87. The number of halogens is 1. The third-order valence-corrected chi connectivity index (χ3v) is 5.39. The van der Waals surface area contributed by atoms with E-state index in [9.17, 15) is 4.79 Å². The molecule has 0 aliphatic rings. The fourth-order valence-corrected chi connectivity index (χ4v) is 3.80. The number of hydrogen-bond acceptors (Lipinski definition) is 6. The molecule has 4 heterocycles. The lowest BCUT2D eigenvalue weighted by molar-refractivity contribution is 0.102. The van der Waals surface area contributed by atoms with Crippen LogP contribution in [0.5, 0.6) is 0 Å². The highest BCUT2D eigenvalue weighted by atomic mass is 35.5. The van der Waals surface area contributed by atoms with Crippen LogP contribution in [0.2, 0.25) is 5.02 Å². The van der Waals surface area contributed by atoms with E-state index in [-0.39, 0.29) is 5.91 Å². The van der Waals surface area contributed by atoms with Crippen LogP contribution in [0.15, 0.2) is 61.3 Å². The van der Waals surface area contributed by atoms with Crippen molar-refractivity contribution in [2.45, 2.75) is 13.8 Å². The number of anilines is 1. The smallest absolute Gasteiger partial charge is 0.259 e. The molecular weight excluding hydrogens is 428 g/mol. The second kappa shape index (κ2) is 7.86. The second-order valence-corrected chi connectivity index (χ2v) is 7.57. The summed E-state index contributed by atoms with van der Waals surface area (Å²) < 4.78 is 1.77. The van der Waals surface area contributed by atoms with Gasteiger partial charge >= 0.3 is 0 Å². The molecule has 0 saturated carbocycles. The Bertz CT molecular complexity index is 1460. The van der Waals surface area contributed by atoms with Crippen LogP contribution in [0.4, 0.5) is 5.69 Å². The summed E-state index contributed by atoms with van der Waals surface area (Å²) in [6.45, 7) is 3.86. The van der Waals surface area contributed by atoms with Crippen molar-refractivity contribution in [3.8, 4) is 11.5 Å². The number of amides is 1. The van der Waals surface area contributed by atoms with Gasteiger partial charge in [0.2, 0.25) is 0 Å². The highest BCUT2D eigenvalue weighted by Crippen LogP contribution is 2.27. The first-order valence-electron chi connectivity index (χ1n) is 9.76. The number of nitrogens with one attached hydrogen (secondary N) is 1. The van der Waals surface area contributed by atoms with E-state index < -0.39 is 0 Å². The molecule has 0 aliphatic carbocycles. The van der Waals surface area contributed by atoms with Gasteiger partial charge in [-0.2, -0.15) is 15.3 Å². The van der Waals surface area contributed by atoms with Crippen LogP contribution in [0, 0.1) is 13.8 Å². The van der Waals surface area contributed by atoms with E-state index in [2.05, 4.69) is 30.6 Å². The van der Waals surface area contributed by atoms with Gasteiger partial charge in [-0.05, 0) is 43.7 Å². The van der Waals surface area contributed by atoms with Gasteiger partial charge in [0.1, 0.15) is 0 Å². The third-order valence-electron chi connectivity index (χ3n) is 5.11. The first-order valence-corrected chi connectivity index (χ1v) is 10.1. The summed E-state index contributed by atoms with van der Waals surface area (Å²) in [4.78, 5) is 23.0. The number of aryl methyl sites for hydroxylation is 1. The number of fused-ring (bicyclic) bond motifs is 1. The van der Waals surface area contributed by atoms with Crippen LogP contribution >= 0.6 is 11.6 Å². The standard InChI is InChI=1S/C22H17ClN8O/c1-13-5-6-19-16(4-3-7-24-19)20(13)30-14(2)17(12-28-30)22(32)29-15-10-18(23)21(25-11-15)31-26-8-9-27-31/h3-12H,1-2H3,(H,29,32). The molecular formula is C22H17ClN8O. The molecule has 1 N–H and O–H groups in total. The number of carbonyl (C=O) groups excluding carboxylic acids is 1. The summed E-state index contributed by atoms with van der Waals surface area (Å²) in [5.41, 5.74) is 4.39. The van der Waals surface area contributed by atoms with E-state index in [1.165, 1.54) is 23.4 Å². The van der Waals surface area contributed by atoms with Crippen molar-refractivity contribution >= 4 is 34.1 Å². The summed E-state index contributed by atoms with van der Waals surface area (Å²) >= 11 is 6.30. The van der Waals surface area contributed by atoms with Crippen molar-refractivity contribution in [3.63, 3.8) is 0 Å².